The first-order valence-corrected chi connectivity index (χ1v) is 7.81. The maximum Gasteiger partial charge on any atom is 0.329 e. The monoisotopic (exact) mass is 297 g/mol. The molecule has 0 aromatic carbocycles. The zero-order valence-electron chi connectivity index (χ0n) is 13.3. The fraction of sp³-hybridized carbons (Fsp3) is 0.867. The standard InChI is InChI=1S/C15H27N3O3/c1-14(2,17-10-7-16-8-11-17)12(19)18-9-5-4-6-15(18,3)13(20)21/h16H,4-11H2,1-3H3,(H,20,21). The van der Waals surface area contributed by atoms with Crippen LogP contribution in [-0.2, 0) is 9.59 Å². The van der Waals surface area contributed by atoms with Crippen molar-refractivity contribution in [3.05, 3.63) is 0 Å². The molecule has 2 aliphatic heterocycles. The Hall–Kier alpha value is -1.14. The molecule has 2 heterocycles. The van der Waals surface area contributed by atoms with Crippen molar-refractivity contribution in [3.8, 4) is 0 Å². The van der Waals surface area contributed by atoms with Crippen molar-refractivity contribution in [1.82, 2.24) is 15.1 Å². The summed E-state index contributed by atoms with van der Waals surface area (Å²) in [6.07, 6.45) is 2.28. The van der Waals surface area contributed by atoms with Gasteiger partial charge < -0.3 is 15.3 Å². The molecule has 0 saturated carbocycles. The summed E-state index contributed by atoms with van der Waals surface area (Å²) in [5.74, 6) is -0.958. The van der Waals surface area contributed by atoms with Crippen LogP contribution in [0.15, 0.2) is 0 Å². The fourth-order valence-electron chi connectivity index (χ4n) is 3.36. The lowest BCUT2D eigenvalue weighted by Gasteiger charge is -2.48. The molecule has 6 nitrogen and oxygen atoms in total. The van der Waals surface area contributed by atoms with Crippen LogP contribution in [0.3, 0.4) is 0 Å². The lowest BCUT2D eigenvalue weighted by molar-refractivity contribution is -0.166. The van der Waals surface area contributed by atoms with Crippen molar-refractivity contribution >= 4 is 11.9 Å². The predicted octanol–water partition coefficient (Wildman–Crippen LogP) is 0.526. The second-order valence-electron chi connectivity index (χ2n) is 6.79. The van der Waals surface area contributed by atoms with Crippen LogP contribution >= 0.6 is 0 Å². The van der Waals surface area contributed by atoms with Gasteiger partial charge in [0.2, 0.25) is 5.91 Å². The van der Waals surface area contributed by atoms with Gasteiger partial charge in [-0.15, -0.1) is 0 Å². The summed E-state index contributed by atoms with van der Waals surface area (Å²) in [6, 6.07) is 0. The maximum absolute atomic E-state index is 13.0. The molecule has 0 aromatic heterocycles. The average Bonchev–Trinajstić information content (AvgIpc) is 2.47. The molecular formula is C15H27N3O3. The van der Waals surface area contributed by atoms with Crippen molar-refractivity contribution in [2.45, 2.75) is 51.1 Å². The summed E-state index contributed by atoms with van der Waals surface area (Å²) in [5.41, 5.74) is -1.73. The van der Waals surface area contributed by atoms with Gasteiger partial charge in [0.05, 0.1) is 5.54 Å². The van der Waals surface area contributed by atoms with Gasteiger partial charge in [0, 0.05) is 32.7 Å². The van der Waals surface area contributed by atoms with Crippen LogP contribution in [-0.4, -0.2) is 70.6 Å². The Morgan fingerprint density at radius 2 is 1.76 bits per heavy atom. The molecule has 120 valence electrons. The number of carboxylic acids is 1. The third-order valence-electron chi connectivity index (χ3n) is 5.03. The number of likely N-dealkylation sites (tertiary alicyclic amines) is 1. The Balaban J connectivity index is 2.21. The number of carbonyl (C=O) groups excluding carboxylic acids is 1. The zero-order valence-corrected chi connectivity index (χ0v) is 13.3. The molecule has 2 saturated heterocycles. The summed E-state index contributed by atoms with van der Waals surface area (Å²) in [6.45, 7) is 9.42. The Kier molecular flexibility index (Phi) is 4.58. The lowest BCUT2D eigenvalue weighted by atomic mass is 9.86. The van der Waals surface area contributed by atoms with E-state index in [0.29, 0.717) is 13.0 Å². The van der Waals surface area contributed by atoms with Crippen LogP contribution < -0.4 is 5.32 Å². The minimum Gasteiger partial charge on any atom is -0.480 e. The van der Waals surface area contributed by atoms with E-state index in [1.165, 1.54) is 0 Å². The third kappa shape index (κ3) is 2.92. The highest BCUT2D eigenvalue weighted by atomic mass is 16.4. The number of rotatable bonds is 3. The van der Waals surface area contributed by atoms with Crippen LogP contribution in [0.5, 0.6) is 0 Å². The highest BCUT2D eigenvalue weighted by Gasteiger charge is 2.49. The topological polar surface area (TPSA) is 72.9 Å². The van der Waals surface area contributed by atoms with Crippen molar-refractivity contribution in [3.63, 3.8) is 0 Å². The number of aliphatic carboxylic acids is 1. The first kappa shape index (κ1) is 16.2. The number of piperazine rings is 1. The lowest BCUT2D eigenvalue weighted by Crippen LogP contribution is -2.66. The second-order valence-corrected chi connectivity index (χ2v) is 6.79. The van der Waals surface area contributed by atoms with Gasteiger partial charge in [-0.2, -0.15) is 0 Å². The highest BCUT2D eigenvalue weighted by Crippen LogP contribution is 2.32. The van der Waals surface area contributed by atoms with Gasteiger partial charge in [-0.3, -0.25) is 9.69 Å². The SMILES string of the molecule is CC(C)(C(=O)N1CCCCC1(C)C(=O)O)N1CCNCC1. The molecule has 21 heavy (non-hydrogen) atoms. The summed E-state index contributed by atoms with van der Waals surface area (Å²) >= 11 is 0. The molecule has 2 fully saturated rings. The number of hydrogen-bond acceptors (Lipinski definition) is 4. The molecule has 1 amide bonds. The zero-order chi connectivity index (χ0) is 15.7. The van der Waals surface area contributed by atoms with E-state index in [0.717, 1.165) is 39.0 Å². The molecule has 0 aromatic rings. The van der Waals surface area contributed by atoms with Gasteiger partial charge in [-0.25, -0.2) is 4.79 Å². The van der Waals surface area contributed by atoms with E-state index in [-0.39, 0.29) is 5.91 Å². The normalized spacial score (nSPS) is 28.4. The molecule has 0 aliphatic carbocycles. The number of amides is 1. The van der Waals surface area contributed by atoms with E-state index < -0.39 is 17.0 Å². The number of carboxylic acid groups (broad SMARTS) is 1. The quantitative estimate of drug-likeness (QED) is 0.795. The number of piperidine rings is 1. The summed E-state index contributed by atoms with van der Waals surface area (Å²) < 4.78 is 0. The molecule has 2 rings (SSSR count). The summed E-state index contributed by atoms with van der Waals surface area (Å²) in [4.78, 5) is 28.5. The maximum atomic E-state index is 13.0. The Morgan fingerprint density at radius 3 is 2.33 bits per heavy atom. The minimum absolute atomic E-state index is 0.0611. The van der Waals surface area contributed by atoms with Crippen molar-refractivity contribution in [1.29, 1.82) is 0 Å². The molecule has 1 atom stereocenters. The summed E-state index contributed by atoms with van der Waals surface area (Å²) in [7, 11) is 0. The Labute approximate surface area is 126 Å². The van der Waals surface area contributed by atoms with Crippen molar-refractivity contribution in [2.75, 3.05) is 32.7 Å². The molecular weight excluding hydrogens is 270 g/mol. The predicted molar refractivity (Wildman–Crippen MR) is 80.1 cm³/mol. The molecule has 1 unspecified atom stereocenters. The highest BCUT2D eigenvalue weighted by molar-refractivity contribution is 5.91. The molecule has 2 aliphatic rings. The Morgan fingerprint density at radius 1 is 1.14 bits per heavy atom. The van der Waals surface area contributed by atoms with Crippen LogP contribution in [0, 0.1) is 0 Å². The van der Waals surface area contributed by atoms with E-state index in [2.05, 4.69) is 10.2 Å². The van der Waals surface area contributed by atoms with E-state index >= 15 is 0 Å². The molecule has 2 N–H and O–H groups in total. The molecule has 6 heteroatoms. The average molecular weight is 297 g/mol. The van der Waals surface area contributed by atoms with Crippen LogP contribution in [0.25, 0.3) is 0 Å². The first-order chi connectivity index (χ1) is 9.80. The van der Waals surface area contributed by atoms with E-state index in [9.17, 15) is 14.7 Å². The van der Waals surface area contributed by atoms with Crippen LogP contribution in [0.1, 0.15) is 40.0 Å². The first-order valence-electron chi connectivity index (χ1n) is 7.81. The second kappa shape index (κ2) is 5.93. The van der Waals surface area contributed by atoms with Gasteiger partial charge in [0.25, 0.3) is 0 Å². The third-order valence-corrected chi connectivity index (χ3v) is 5.03. The molecule has 0 spiro atoms. The Bertz CT molecular complexity index is 418. The molecule has 0 bridgehead atoms. The van der Waals surface area contributed by atoms with E-state index in [1.807, 2.05) is 13.8 Å². The van der Waals surface area contributed by atoms with Crippen molar-refractivity contribution in [2.24, 2.45) is 0 Å². The van der Waals surface area contributed by atoms with E-state index in [4.69, 9.17) is 0 Å². The number of nitrogens with zero attached hydrogens (tertiary/aromatic N) is 2. The van der Waals surface area contributed by atoms with Gasteiger partial charge in [0.1, 0.15) is 5.54 Å². The number of nitrogens with one attached hydrogen (secondary N) is 1. The van der Waals surface area contributed by atoms with Crippen molar-refractivity contribution < 1.29 is 14.7 Å². The largest absolute Gasteiger partial charge is 0.480 e. The van der Waals surface area contributed by atoms with Crippen LogP contribution in [0.2, 0.25) is 0 Å². The fourth-order valence-corrected chi connectivity index (χ4v) is 3.36. The smallest absolute Gasteiger partial charge is 0.329 e. The van der Waals surface area contributed by atoms with Gasteiger partial charge in [-0.05, 0) is 40.0 Å². The molecule has 0 radical (unpaired) electrons. The number of hydrogen-bond donors (Lipinski definition) is 2. The van der Waals surface area contributed by atoms with E-state index in [1.54, 1.807) is 11.8 Å². The van der Waals surface area contributed by atoms with Gasteiger partial charge in [0.15, 0.2) is 0 Å². The van der Waals surface area contributed by atoms with Gasteiger partial charge >= 0.3 is 5.97 Å². The van der Waals surface area contributed by atoms with Crippen LogP contribution in [0.4, 0.5) is 0 Å². The summed E-state index contributed by atoms with van der Waals surface area (Å²) in [5, 5.41) is 12.9. The minimum atomic E-state index is -1.07. The number of carbonyl (C=O) groups is 2. The van der Waals surface area contributed by atoms with Gasteiger partial charge in [-0.1, -0.05) is 0 Å².